The first-order chi connectivity index (χ1) is 11.5. The Labute approximate surface area is 157 Å². The molecule has 2 heterocycles. The molecule has 0 unspecified atom stereocenters. The van der Waals surface area contributed by atoms with Crippen LogP contribution in [0.1, 0.15) is 24.0 Å². The summed E-state index contributed by atoms with van der Waals surface area (Å²) >= 11 is 1.38. The molecule has 0 bridgehead atoms. The smallest absolute Gasteiger partial charge is 0.233 e. The summed E-state index contributed by atoms with van der Waals surface area (Å²) in [5.41, 5.74) is 8.70. The highest BCUT2D eigenvalue weighted by Gasteiger charge is 2.39. The van der Waals surface area contributed by atoms with Crippen LogP contribution in [0.4, 0.5) is 5.13 Å². The Kier molecular flexibility index (Phi) is 6.51. The number of nitrogens with one attached hydrogen (secondary N) is 1. The summed E-state index contributed by atoms with van der Waals surface area (Å²) in [6, 6.07) is 6.20. The van der Waals surface area contributed by atoms with E-state index in [-0.39, 0.29) is 18.3 Å². The molecule has 136 valence electrons. The second-order valence-electron chi connectivity index (χ2n) is 6.28. The highest BCUT2D eigenvalue weighted by atomic mass is 35.5. The molecule has 1 aliphatic heterocycles. The molecule has 1 aliphatic rings. The molecule has 1 fully saturated rings. The second kappa shape index (κ2) is 8.23. The van der Waals surface area contributed by atoms with Crippen molar-refractivity contribution in [2.45, 2.75) is 26.7 Å². The number of anilines is 1. The average molecular weight is 383 g/mol. The molecule has 0 saturated carbocycles. The molecule has 1 aromatic carbocycles. The van der Waals surface area contributed by atoms with E-state index in [9.17, 15) is 4.79 Å². The van der Waals surface area contributed by atoms with Gasteiger partial charge in [-0.25, -0.2) is 0 Å². The van der Waals surface area contributed by atoms with Crippen LogP contribution < -0.4 is 11.1 Å². The monoisotopic (exact) mass is 382 g/mol. The maximum absolute atomic E-state index is 12.7. The number of nitrogens with two attached hydrogens (primary N) is 1. The van der Waals surface area contributed by atoms with Crippen LogP contribution in [0, 0.1) is 19.3 Å². The molecular weight excluding hydrogens is 360 g/mol. The van der Waals surface area contributed by atoms with E-state index in [1.807, 2.05) is 19.1 Å². The molecule has 3 N–H and O–H groups in total. The summed E-state index contributed by atoms with van der Waals surface area (Å²) in [6.45, 7) is 5.55. The first-order valence-electron chi connectivity index (χ1n) is 8.04. The van der Waals surface area contributed by atoms with Gasteiger partial charge in [0.25, 0.3) is 0 Å². The van der Waals surface area contributed by atoms with Gasteiger partial charge in [-0.15, -0.1) is 22.6 Å². The van der Waals surface area contributed by atoms with Crippen molar-refractivity contribution in [1.29, 1.82) is 0 Å². The van der Waals surface area contributed by atoms with Crippen LogP contribution in [0.2, 0.25) is 0 Å². The molecule has 0 atom stereocenters. The third kappa shape index (κ3) is 4.17. The van der Waals surface area contributed by atoms with Gasteiger partial charge in [-0.1, -0.05) is 35.1 Å². The van der Waals surface area contributed by atoms with Gasteiger partial charge in [-0.2, -0.15) is 0 Å². The number of benzene rings is 1. The average Bonchev–Trinajstić information content (AvgIpc) is 3.03. The fraction of sp³-hybridized carbons (Fsp3) is 0.471. The van der Waals surface area contributed by atoms with Gasteiger partial charge in [0.15, 0.2) is 0 Å². The Morgan fingerprint density at radius 2 is 2.04 bits per heavy atom. The fourth-order valence-corrected chi connectivity index (χ4v) is 3.78. The summed E-state index contributed by atoms with van der Waals surface area (Å²) in [4.78, 5) is 12.7. The number of aryl methyl sites for hydroxylation is 2. The Morgan fingerprint density at radius 1 is 1.32 bits per heavy atom. The minimum atomic E-state index is -0.566. The molecule has 2 aromatic rings. The zero-order valence-electron chi connectivity index (χ0n) is 14.4. The number of carbonyl (C=O) groups is 1. The summed E-state index contributed by atoms with van der Waals surface area (Å²) in [6.07, 6.45) is 1.27. The molecule has 1 amide bonds. The van der Waals surface area contributed by atoms with Crippen LogP contribution in [0.25, 0.3) is 10.6 Å². The van der Waals surface area contributed by atoms with Gasteiger partial charge in [0.2, 0.25) is 11.0 Å². The van der Waals surface area contributed by atoms with Crippen molar-refractivity contribution >= 4 is 34.8 Å². The number of hydrogen-bond donors (Lipinski definition) is 2. The maximum atomic E-state index is 12.7. The largest absolute Gasteiger partial charge is 0.381 e. The van der Waals surface area contributed by atoms with Gasteiger partial charge in [-0.3, -0.25) is 10.1 Å². The Bertz CT molecular complexity index is 744. The molecule has 1 saturated heterocycles. The number of rotatable bonds is 4. The summed E-state index contributed by atoms with van der Waals surface area (Å²) in [7, 11) is 0. The molecule has 0 aliphatic carbocycles. The normalized spacial score (nSPS) is 16.1. The van der Waals surface area contributed by atoms with E-state index in [0.717, 1.165) is 16.1 Å². The highest BCUT2D eigenvalue weighted by molar-refractivity contribution is 7.18. The summed E-state index contributed by atoms with van der Waals surface area (Å²) in [5.74, 6) is -0.0865. The number of amides is 1. The lowest BCUT2D eigenvalue weighted by Crippen LogP contribution is -2.46. The van der Waals surface area contributed by atoms with E-state index in [1.165, 1.54) is 16.9 Å². The predicted octanol–water partition coefficient (Wildman–Crippen LogP) is 2.94. The number of nitrogens with zero attached hydrogens (tertiary/aromatic N) is 2. The maximum Gasteiger partial charge on any atom is 0.233 e. The molecule has 0 radical (unpaired) electrons. The topological polar surface area (TPSA) is 90.1 Å². The van der Waals surface area contributed by atoms with E-state index in [4.69, 9.17) is 10.5 Å². The number of ether oxygens (including phenoxy) is 1. The van der Waals surface area contributed by atoms with Crippen LogP contribution >= 0.6 is 23.7 Å². The van der Waals surface area contributed by atoms with E-state index < -0.39 is 5.41 Å². The molecule has 3 rings (SSSR count). The van der Waals surface area contributed by atoms with Crippen molar-refractivity contribution < 1.29 is 9.53 Å². The molecule has 8 heteroatoms. The minimum Gasteiger partial charge on any atom is -0.381 e. The van der Waals surface area contributed by atoms with Crippen molar-refractivity contribution in [2.24, 2.45) is 11.1 Å². The van der Waals surface area contributed by atoms with Gasteiger partial charge in [0.05, 0.1) is 5.41 Å². The third-order valence-electron chi connectivity index (χ3n) is 4.58. The van der Waals surface area contributed by atoms with Crippen LogP contribution in [0.5, 0.6) is 0 Å². The lowest BCUT2D eigenvalue weighted by Gasteiger charge is -2.34. The van der Waals surface area contributed by atoms with Crippen molar-refractivity contribution in [3.8, 4) is 10.6 Å². The fourth-order valence-electron chi connectivity index (χ4n) is 2.95. The van der Waals surface area contributed by atoms with Crippen LogP contribution in [-0.4, -0.2) is 35.9 Å². The molecule has 0 spiro atoms. The predicted molar refractivity (Wildman–Crippen MR) is 102 cm³/mol. The van der Waals surface area contributed by atoms with Crippen LogP contribution in [-0.2, 0) is 9.53 Å². The molecular formula is C17H23ClN4O2S. The van der Waals surface area contributed by atoms with E-state index in [2.05, 4.69) is 28.5 Å². The Balaban J connectivity index is 0.00000225. The van der Waals surface area contributed by atoms with E-state index in [0.29, 0.717) is 37.7 Å². The van der Waals surface area contributed by atoms with Crippen molar-refractivity contribution in [3.05, 3.63) is 29.3 Å². The number of hydrogen-bond acceptors (Lipinski definition) is 6. The van der Waals surface area contributed by atoms with Crippen LogP contribution in [0.3, 0.4) is 0 Å². The lowest BCUT2D eigenvalue weighted by molar-refractivity contribution is -0.130. The number of aromatic nitrogens is 2. The minimum absolute atomic E-state index is 0. The second-order valence-corrected chi connectivity index (χ2v) is 7.26. The molecule has 25 heavy (non-hydrogen) atoms. The first-order valence-corrected chi connectivity index (χ1v) is 8.86. The molecule has 1 aromatic heterocycles. The van der Waals surface area contributed by atoms with Crippen molar-refractivity contribution in [1.82, 2.24) is 10.2 Å². The Hall–Kier alpha value is -1.54. The van der Waals surface area contributed by atoms with E-state index in [1.54, 1.807) is 0 Å². The van der Waals surface area contributed by atoms with Gasteiger partial charge < -0.3 is 10.5 Å². The van der Waals surface area contributed by atoms with Gasteiger partial charge in [0.1, 0.15) is 5.01 Å². The SMILES string of the molecule is Cc1ccc(-c2nnc(NC(=O)C3(CN)CCOCC3)s2)c(C)c1.Cl. The molecule has 6 nitrogen and oxygen atoms in total. The third-order valence-corrected chi connectivity index (χ3v) is 5.45. The standard InChI is InChI=1S/C17H22N4O2S.ClH/c1-11-3-4-13(12(2)9-11)14-20-21-16(24-14)19-15(22)17(10-18)5-7-23-8-6-17;/h3-4,9H,5-8,10,18H2,1-2H3,(H,19,21,22);1H. The zero-order valence-corrected chi connectivity index (χ0v) is 16.0. The zero-order chi connectivity index (χ0) is 17.2. The van der Waals surface area contributed by atoms with Gasteiger partial charge in [0, 0.05) is 25.3 Å². The van der Waals surface area contributed by atoms with Gasteiger partial charge >= 0.3 is 0 Å². The highest BCUT2D eigenvalue weighted by Crippen LogP contribution is 2.33. The van der Waals surface area contributed by atoms with Crippen molar-refractivity contribution in [2.75, 3.05) is 25.1 Å². The van der Waals surface area contributed by atoms with E-state index >= 15 is 0 Å². The van der Waals surface area contributed by atoms with Crippen molar-refractivity contribution in [3.63, 3.8) is 0 Å². The van der Waals surface area contributed by atoms with Crippen LogP contribution in [0.15, 0.2) is 18.2 Å². The Morgan fingerprint density at radius 3 is 2.68 bits per heavy atom. The number of halogens is 1. The summed E-state index contributed by atoms with van der Waals surface area (Å²) in [5, 5.41) is 12.5. The number of carbonyl (C=O) groups excluding carboxylic acids is 1. The quantitative estimate of drug-likeness (QED) is 0.848. The first kappa shape index (κ1) is 19.8. The van der Waals surface area contributed by atoms with Gasteiger partial charge in [-0.05, 0) is 32.3 Å². The lowest BCUT2D eigenvalue weighted by atomic mass is 9.79. The summed E-state index contributed by atoms with van der Waals surface area (Å²) < 4.78 is 5.35.